The molecule has 0 bridgehead atoms. The lowest BCUT2D eigenvalue weighted by atomic mass is 9.72. The van der Waals surface area contributed by atoms with Crippen molar-refractivity contribution in [2.75, 3.05) is 0 Å². The Balaban J connectivity index is 1.24. The summed E-state index contributed by atoms with van der Waals surface area (Å²) in [6.07, 6.45) is 23.3. The Morgan fingerprint density at radius 2 is 1.11 bits per heavy atom. The van der Waals surface area contributed by atoms with Crippen LogP contribution in [0.4, 0.5) is 0 Å². The Labute approximate surface area is 277 Å². The summed E-state index contributed by atoms with van der Waals surface area (Å²) >= 11 is 3.31. The van der Waals surface area contributed by atoms with Gasteiger partial charge in [0, 0.05) is 53.6 Å². The molecule has 2 fully saturated rings. The molecule has 2 saturated carbocycles. The molecule has 0 radical (unpaired) electrons. The fourth-order valence-corrected chi connectivity index (χ4v) is 10.6. The molecule has 8 rings (SSSR count). The van der Waals surface area contributed by atoms with Crippen LogP contribution in [0.2, 0.25) is 0 Å². The van der Waals surface area contributed by atoms with Crippen LogP contribution in [0.5, 0.6) is 0 Å². The summed E-state index contributed by atoms with van der Waals surface area (Å²) in [7, 11) is 0. The molecule has 226 valence electrons. The highest BCUT2D eigenvalue weighted by molar-refractivity contribution is 7.14. The molecule has 6 nitrogen and oxygen atoms in total. The zero-order valence-electron chi connectivity index (χ0n) is 25.3. The van der Waals surface area contributed by atoms with E-state index in [1.807, 2.05) is 12.1 Å². The second-order valence-electron chi connectivity index (χ2n) is 13.0. The minimum atomic E-state index is -0.384. The zero-order valence-corrected chi connectivity index (χ0v) is 26.9. The molecule has 0 saturated heterocycles. The fraction of sp³-hybridized carbons (Fsp3) is 0.368. The van der Waals surface area contributed by atoms with Crippen molar-refractivity contribution >= 4 is 46.0 Å². The van der Waals surface area contributed by atoms with Gasteiger partial charge in [-0.2, -0.15) is 0 Å². The van der Waals surface area contributed by atoms with Crippen LogP contribution in [0, 0.1) is 47.6 Å². The van der Waals surface area contributed by atoms with Crippen LogP contribution >= 0.6 is 22.7 Å². The molecule has 2 spiro atoms. The molecule has 2 aromatic rings. The van der Waals surface area contributed by atoms with Gasteiger partial charge >= 0.3 is 0 Å². The number of allylic oxidation sites excluding steroid dienone is 8. The van der Waals surface area contributed by atoms with E-state index in [4.69, 9.17) is 22.6 Å². The minimum absolute atomic E-state index is 0.0935. The van der Waals surface area contributed by atoms with Crippen molar-refractivity contribution in [2.45, 2.75) is 75.4 Å². The topological polar surface area (TPSA) is 74.8 Å². The summed E-state index contributed by atoms with van der Waals surface area (Å²) in [6.45, 7) is 14.8. The number of hydrogen-bond donors (Lipinski definition) is 0. The monoisotopic (exact) mass is 638 g/mol. The predicted octanol–water partition coefficient (Wildman–Crippen LogP) is 10.3. The normalized spacial score (nSPS) is 25.0. The first-order valence-corrected chi connectivity index (χ1v) is 17.7. The molecular formula is C38H30N4O2S2. The first-order chi connectivity index (χ1) is 22.5. The van der Waals surface area contributed by atoms with Gasteiger partial charge in [-0.05, 0) is 87.8 Å². The van der Waals surface area contributed by atoms with Gasteiger partial charge in [-0.1, -0.05) is 25.0 Å². The van der Waals surface area contributed by atoms with Gasteiger partial charge in [0.05, 0.1) is 25.3 Å². The maximum Gasteiger partial charge on any atom is 0.263 e. The molecule has 8 heteroatoms. The van der Waals surface area contributed by atoms with E-state index in [0.29, 0.717) is 0 Å². The number of fused-ring (bicyclic) bond motifs is 9. The molecule has 0 aromatic carbocycles. The Bertz CT molecular complexity index is 1850. The number of nitrogens with zero attached hydrogens (tertiary/aromatic N) is 4. The predicted molar refractivity (Wildman–Crippen MR) is 180 cm³/mol. The Hall–Kier alpha value is -4.60. The lowest BCUT2D eigenvalue weighted by Crippen LogP contribution is -2.37. The van der Waals surface area contributed by atoms with Gasteiger partial charge in [-0.3, -0.25) is 0 Å². The lowest BCUT2D eigenvalue weighted by Gasteiger charge is -2.46. The first kappa shape index (κ1) is 28.8. The van der Waals surface area contributed by atoms with E-state index >= 15 is 0 Å². The van der Waals surface area contributed by atoms with E-state index in [2.05, 4.69) is 46.1 Å². The molecule has 0 N–H and O–H groups in total. The lowest BCUT2D eigenvalue weighted by molar-refractivity contribution is -0.0339. The number of nitriles is 2. The average Bonchev–Trinajstić information content (AvgIpc) is 3.72. The first-order valence-electron chi connectivity index (χ1n) is 16.0. The van der Waals surface area contributed by atoms with Gasteiger partial charge < -0.3 is 9.47 Å². The summed E-state index contributed by atoms with van der Waals surface area (Å²) in [5.74, 6) is 2.06. The molecule has 0 amide bonds. The second kappa shape index (κ2) is 11.0. The largest absolute Gasteiger partial charge is 0.482 e. The quantitative estimate of drug-likeness (QED) is 0.242. The van der Waals surface area contributed by atoms with Gasteiger partial charge in [0.15, 0.2) is 0 Å². The molecule has 2 unspecified atom stereocenters. The third-order valence-corrected chi connectivity index (χ3v) is 12.5. The number of hydrogen-bond acceptors (Lipinski definition) is 6. The van der Waals surface area contributed by atoms with Crippen molar-refractivity contribution < 1.29 is 9.47 Å². The van der Waals surface area contributed by atoms with Crippen molar-refractivity contribution in [3.63, 3.8) is 0 Å². The van der Waals surface area contributed by atoms with Crippen LogP contribution < -0.4 is 0 Å². The highest BCUT2D eigenvalue weighted by Crippen LogP contribution is 2.58. The Morgan fingerprint density at radius 1 is 0.696 bits per heavy atom. The van der Waals surface area contributed by atoms with Crippen molar-refractivity contribution in [3.8, 4) is 12.1 Å². The fourth-order valence-electron chi connectivity index (χ4n) is 8.18. The standard InChI is InChI=1S/C38H30N4O2S2/c1-41-25(21-39)17-27-19-31-35(45-27)29-13-23-16-34-30(14-24(23)15-33(29)43-37(31)9-5-3-6-10-37)36-32(38(44-34)11-7-4-8-12-38)20-28(46-36)18-26(22-40)42-2/h13-20,23-24H,3-12H2/b25-17-,26-18+. The molecule has 46 heavy (non-hydrogen) atoms. The van der Waals surface area contributed by atoms with E-state index in [0.717, 1.165) is 83.8 Å². The molecule has 2 atom stereocenters. The molecule has 2 aliphatic heterocycles. The van der Waals surface area contributed by atoms with E-state index in [-0.39, 0.29) is 34.4 Å². The minimum Gasteiger partial charge on any atom is -0.482 e. The summed E-state index contributed by atoms with van der Waals surface area (Å²) in [4.78, 5) is 11.0. The third kappa shape index (κ3) is 4.52. The van der Waals surface area contributed by atoms with E-state index < -0.39 is 0 Å². The maximum absolute atomic E-state index is 9.44. The smallest absolute Gasteiger partial charge is 0.263 e. The molecule has 6 aliphatic rings. The molecule has 4 aliphatic carbocycles. The molecule has 4 heterocycles. The summed E-state index contributed by atoms with van der Waals surface area (Å²) in [5, 5.41) is 18.9. The average molecular weight is 639 g/mol. The Kier molecular flexibility index (Phi) is 6.92. The summed E-state index contributed by atoms with van der Waals surface area (Å²) < 4.78 is 14.1. The number of ether oxygens (including phenoxy) is 2. The van der Waals surface area contributed by atoms with Crippen LogP contribution in [0.1, 0.15) is 94.8 Å². The van der Waals surface area contributed by atoms with Gasteiger partial charge in [0.25, 0.3) is 11.4 Å². The van der Waals surface area contributed by atoms with Crippen molar-refractivity contribution in [3.05, 3.63) is 113 Å². The van der Waals surface area contributed by atoms with Crippen LogP contribution in [0.25, 0.3) is 33.0 Å². The maximum atomic E-state index is 9.44. The van der Waals surface area contributed by atoms with Crippen LogP contribution in [-0.2, 0) is 20.7 Å². The van der Waals surface area contributed by atoms with Gasteiger partial charge in [0.2, 0.25) is 0 Å². The van der Waals surface area contributed by atoms with E-state index in [1.54, 1.807) is 34.8 Å². The van der Waals surface area contributed by atoms with Gasteiger partial charge in [-0.15, -0.1) is 22.7 Å². The van der Waals surface area contributed by atoms with Crippen molar-refractivity contribution in [1.82, 2.24) is 0 Å². The summed E-state index contributed by atoms with van der Waals surface area (Å²) in [5.41, 5.74) is 4.01. The van der Waals surface area contributed by atoms with Crippen LogP contribution in [-0.4, -0.2) is 0 Å². The zero-order chi connectivity index (χ0) is 31.5. The summed E-state index contributed by atoms with van der Waals surface area (Å²) in [6, 6.07) is 8.35. The van der Waals surface area contributed by atoms with E-state index in [1.165, 1.54) is 33.7 Å². The number of thiophene rings is 2. The van der Waals surface area contributed by atoms with Crippen LogP contribution in [0.15, 0.2) is 59.3 Å². The van der Waals surface area contributed by atoms with Crippen LogP contribution in [0.3, 0.4) is 0 Å². The third-order valence-electron chi connectivity index (χ3n) is 10.3. The molecule has 2 aromatic heterocycles. The SMILES string of the molecule is [C-]#[N+]/C(C#N)=C\c1cc2c(s1)C1=CC3C=C4OC5(CCCCC5)c5cc(/C=C(\C#N)[N+]#[C-])sc5C4=CC3C=C1OC21CCCCC1. The van der Waals surface area contributed by atoms with Crippen molar-refractivity contribution in [1.29, 1.82) is 10.5 Å². The van der Waals surface area contributed by atoms with E-state index in [9.17, 15) is 10.5 Å². The highest BCUT2D eigenvalue weighted by Gasteiger charge is 2.48. The highest BCUT2D eigenvalue weighted by atomic mass is 32.1. The number of rotatable bonds is 2. The van der Waals surface area contributed by atoms with Gasteiger partial charge in [0.1, 0.15) is 22.7 Å². The molecular weight excluding hydrogens is 609 g/mol. The van der Waals surface area contributed by atoms with Gasteiger partial charge in [-0.25, -0.2) is 20.2 Å². The Morgan fingerprint density at radius 3 is 1.48 bits per heavy atom. The van der Waals surface area contributed by atoms with Crippen molar-refractivity contribution in [2.24, 2.45) is 11.8 Å². The second-order valence-corrected chi connectivity index (χ2v) is 15.1.